The van der Waals surface area contributed by atoms with Gasteiger partial charge in [-0.3, -0.25) is 4.79 Å². The molecular weight excluding hydrogens is 360 g/mol. The first kappa shape index (κ1) is 18.6. The Kier molecular flexibility index (Phi) is 5.98. The topological polar surface area (TPSA) is 85.8 Å². The lowest BCUT2D eigenvalue weighted by molar-refractivity contribution is 0.0949. The number of nitrogens with zero attached hydrogens (tertiary/aromatic N) is 3. The van der Waals surface area contributed by atoms with Crippen molar-refractivity contribution in [1.29, 1.82) is 0 Å². The zero-order chi connectivity index (χ0) is 19.2. The molecule has 28 heavy (non-hydrogen) atoms. The summed E-state index contributed by atoms with van der Waals surface area (Å²) in [5.74, 6) is 1.16. The molecule has 2 aromatic heterocycles. The smallest absolute Gasteiger partial charge is 0.251 e. The molecule has 4 heterocycles. The van der Waals surface area contributed by atoms with E-state index in [1.54, 1.807) is 24.5 Å². The van der Waals surface area contributed by atoms with Crippen LogP contribution in [0.5, 0.6) is 5.88 Å². The van der Waals surface area contributed by atoms with Crippen LogP contribution >= 0.6 is 0 Å². The van der Waals surface area contributed by atoms with Gasteiger partial charge in [0.2, 0.25) is 5.88 Å². The lowest BCUT2D eigenvalue weighted by Gasteiger charge is -2.29. The number of nitrogens with one attached hydrogen (secondary N) is 1. The summed E-state index contributed by atoms with van der Waals surface area (Å²) >= 11 is 0. The molecule has 0 radical (unpaired) electrons. The highest BCUT2D eigenvalue weighted by atomic mass is 16.5. The highest BCUT2D eigenvalue weighted by molar-refractivity contribution is 5.94. The van der Waals surface area contributed by atoms with E-state index in [1.807, 2.05) is 12.1 Å². The number of hydrogen-bond donors (Lipinski definition) is 1. The highest BCUT2D eigenvalue weighted by Gasteiger charge is 2.19. The minimum Gasteiger partial charge on any atom is -0.472 e. The molecule has 2 fully saturated rings. The fourth-order valence-electron chi connectivity index (χ4n) is 3.30. The Balaban J connectivity index is 1.39. The van der Waals surface area contributed by atoms with E-state index >= 15 is 0 Å². The van der Waals surface area contributed by atoms with Crippen molar-refractivity contribution in [1.82, 2.24) is 15.3 Å². The van der Waals surface area contributed by atoms with E-state index in [9.17, 15) is 4.79 Å². The summed E-state index contributed by atoms with van der Waals surface area (Å²) in [6.07, 6.45) is 4.19. The van der Waals surface area contributed by atoms with Gasteiger partial charge < -0.3 is 24.4 Å². The third-order valence-corrected chi connectivity index (χ3v) is 4.79. The van der Waals surface area contributed by atoms with E-state index in [2.05, 4.69) is 20.2 Å². The summed E-state index contributed by atoms with van der Waals surface area (Å²) in [7, 11) is 0. The van der Waals surface area contributed by atoms with E-state index in [0.29, 0.717) is 44.4 Å². The third-order valence-electron chi connectivity index (χ3n) is 4.79. The maximum absolute atomic E-state index is 12.6. The molecule has 2 aliphatic heterocycles. The first-order valence-electron chi connectivity index (χ1n) is 9.55. The molecule has 2 aliphatic rings. The molecule has 0 bridgehead atoms. The fraction of sp³-hybridized carbons (Fsp3) is 0.450. The number of morpholine rings is 1. The monoisotopic (exact) mass is 384 g/mol. The molecule has 4 rings (SSSR count). The first-order valence-corrected chi connectivity index (χ1v) is 9.55. The van der Waals surface area contributed by atoms with Gasteiger partial charge in [-0.05, 0) is 12.1 Å². The van der Waals surface area contributed by atoms with Gasteiger partial charge in [0, 0.05) is 55.6 Å². The molecule has 0 aromatic carbocycles. The number of anilines is 1. The summed E-state index contributed by atoms with van der Waals surface area (Å²) in [5, 5.41) is 2.97. The molecular formula is C20H24N4O4. The second-order valence-electron chi connectivity index (χ2n) is 6.75. The Bertz CT molecular complexity index is 804. The molecule has 0 saturated carbocycles. The molecule has 2 saturated heterocycles. The van der Waals surface area contributed by atoms with Crippen LogP contribution in [0.15, 0.2) is 36.7 Å². The van der Waals surface area contributed by atoms with Crippen molar-refractivity contribution in [2.75, 3.05) is 44.4 Å². The second-order valence-corrected chi connectivity index (χ2v) is 6.75. The number of ether oxygens (including phenoxy) is 3. The van der Waals surface area contributed by atoms with Crippen molar-refractivity contribution in [3.63, 3.8) is 0 Å². The van der Waals surface area contributed by atoms with Crippen LogP contribution in [-0.2, 0) is 16.0 Å². The molecule has 1 unspecified atom stereocenters. The van der Waals surface area contributed by atoms with Crippen LogP contribution in [0, 0.1) is 0 Å². The summed E-state index contributed by atoms with van der Waals surface area (Å²) in [4.78, 5) is 23.5. The molecule has 8 heteroatoms. The molecule has 2 aromatic rings. The average Bonchev–Trinajstić information content (AvgIpc) is 3.26. The lowest BCUT2D eigenvalue weighted by Crippen LogP contribution is -2.37. The Morgan fingerprint density at radius 2 is 2.07 bits per heavy atom. The minimum absolute atomic E-state index is 0.00251. The van der Waals surface area contributed by atoms with Gasteiger partial charge in [0.15, 0.2) is 0 Å². The van der Waals surface area contributed by atoms with Crippen molar-refractivity contribution >= 4 is 11.7 Å². The molecule has 1 atom stereocenters. The van der Waals surface area contributed by atoms with Crippen LogP contribution in [0.1, 0.15) is 22.3 Å². The van der Waals surface area contributed by atoms with Crippen LogP contribution in [-0.4, -0.2) is 61.5 Å². The van der Waals surface area contributed by atoms with Gasteiger partial charge in [0.1, 0.15) is 11.9 Å². The van der Waals surface area contributed by atoms with Crippen LogP contribution in [0.3, 0.4) is 0 Å². The van der Waals surface area contributed by atoms with Gasteiger partial charge in [-0.25, -0.2) is 9.97 Å². The Morgan fingerprint density at radius 3 is 2.89 bits per heavy atom. The van der Waals surface area contributed by atoms with E-state index < -0.39 is 0 Å². The molecule has 0 spiro atoms. The Hall–Kier alpha value is -2.71. The van der Waals surface area contributed by atoms with E-state index in [1.165, 1.54) is 0 Å². The summed E-state index contributed by atoms with van der Waals surface area (Å²) in [6, 6.07) is 7.21. The number of pyridine rings is 2. The fourth-order valence-corrected chi connectivity index (χ4v) is 3.30. The van der Waals surface area contributed by atoms with Crippen LogP contribution in [0.2, 0.25) is 0 Å². The SMILES string of the molecule is O=C(NCc1cccnc1N1CCOCC1)c1ccnc(OC2CCOC2)c1. The zero-order valence-electron chi connectivity index (χ0n) is 15.7. The Morgan fingerprint density at radius 1 is 1.18 bits per heavy atom. The quantitative estimate of drug-likeness (QED) is 0.806. The van der Waals surface area contributed by atoms with Gasteiger partial charge in [-0.15, -0.1) is 0 Å². The average molecular weight is 384 g/mol. The molecule has 148 valence electrons. The number of hydrogen-bond acceptors (Lipinski definition) is 7. The van der Waals surface area contributed by atoms with Crippen LogP contribution in [0.4, 0.5) is 5.82 Å². The van der Waals surface area contributed by atoms with Gasteiger partial charge in [-0.1, -0.05) is 6.07 Å². The van der Waals surface area contributed by atoms with Crippen molar-refractivity contribution in [3.8, 4) is 5.88 Å². The number of aromatic nitrogens is 2. The van der Waals surface area contributed by atoms with Crippen molar-refractivity contribution in [2.45, 2.75) is 19.1 Å². The zero-order valence-corrected chi connectivity index (χ0v) is 15.7. The Labute approximate surface area is 163 Å². The standard InChI is InChI=1S/C20H24N4O4/c25-20(15-3-6-21-18(12-15)28-17-4-9-27-14-17)23-13-16-2-1-5-22-19(16)24-7-10-26-11-8-24/h1-3,5-6,12,17H,4,7-11,13-14H2,(H,23,25). The number of carbonyl (C=O) groups is 1. The van der Waals surface area contributed by atoms with E-state index in [4.69, 9.17) is 14.2 Å². The summed E-state index contributed by atoms with van der Waals surface area (Å²) in [6.45, 7) is 4.63. The first-order chi connectivity index (χ1) is 13.8. The number of rotatable bonds is 6. The van der Waals surface area contributed by atoms with Gasteiger partial charge in [0.05, 0.1) is 26.4 Å². The predicted octanol–water partition coefficient (Wildman–Crippen LogP) is 1.41. The molecule has 1 N–H and O–H groups in total. The number of amides is 1. The van der Waals surface area contributed by atoms with Crippen LogP contribution in [0.25, 0.3) is 0 Å². The van der Waals surface area contributed by atoms with Crippen molar-refractivity contribution in [3.05, 3.63) is 47.8 Å². The van der Waals surface area contributed by atoms with Crippen molar-refractivity contribution in [2.24, 2.45) is 0 Å². The van der Waals surface area contributed by atoms with Gasteiger partial charge in [0.25, 0.3) is 5.91 Å². The maximum Gasteiger partial charge on any atom is 0.251 e. The highest BCUT2D eigenvalue weighted by Crippen LogP contribution is 2.19. The van der Waals surface area contributed by atoms with Gasteiger partial charge in [-0.2, -0.15) is 0 Å². The second kappa shape index (κ2) is 8.99. The minimum atomic E-state index is -0.174. The van der Waals surface area contributed by atoms with E-state index in [0.717, 1.165) is 30.9 Å². The normalized spacial score (nSPS) is 19.4. The van der Waals surface area contributed by atoms with Crippen molar-refractivity contribution < 1.29 is 19.0 Å². The lowest BCUT2D eigenvalue weighted by atomic mass is 10.2. The van der Waals surface area contributed by atoms with Crippen LogP contribution < -0.4 is 15.0 Å². The number of carbonyl (C=O) groups excluding carboxylic acids is 1. The molecule has 8 nitrogen and oxygen atoms in total. The summed E-state index contributed by atoms with van der Waals surface area (Å²) < 4.78 is 16.5. The summed E-state index contributed by atoms with van der Waals surface area (Å²) in [5.41, 5.74) is 1.49. The van der Waals surface area contributed by atoms with E-state index in [-0.39, 0.29) is 12.0 Å². The maximum atomic E-state index is 12.6. The molecule has 1 amide bonds. The van der Waals surface area contributed by atoms with Gasteiger partial charge >= 0.3 is 0 Å². The largest absolute Gasteiger partial charge is 0.472 e. The predicted molar refractivity (Wildman–Crippen MR) is 103 cm³/mol. The molecule has 0 aliphatic carbocycles. The third kappa shape index (κ3) is 4.58.